The molecule has 0 bridgehead atoms. The number of amides is 2. The second kappa shape index (κ2) is 7.59. The van der Waals surface area contributed by atoms with Gasteiger partial charge >= 0.3 is 6.03 Å². The third-order valence-electron chi connectivity index (χ3n) is 5.59. The molecule has 1 spiro atoms. The number of hydrogen-bond acceptors (Lipinski definition) is 6. The number of carbonyl (C=O) groups is 1. The molecule has 0 unspecified atom stereocenters. The van der Waals surface area contributed by atoms with E-state index in [1.165, 1.54) is 0 Å². The van der Waals surface area contributed by atoms with Gasteiger partial charge in [-0.15, -0.1) is 0 Å². The van der Waals surface area contributed by atoms with Crippen LogP contribution in [-0.4, -0.2) is 73.4 Å². The minimum Gasteiger partial charge on any atom is -0.378 e. The number of hydrogen-bond donors (Lipinski definition) is 1. The number of urea groups is 1. The Bertz CT molecular complexity index is 692. The van der Waals surface area contributed by atoms with Crippen molar-refractivity contribution in [2.24, 2.45) is 5.92 Å². The molecule has 3 aliphatic rings. The van der Waals surface area contributed by atoms with Crippen molar-refractivity contribution in [3.8, 4) is 0 Å². The fraction of sp³-hybridized carbons (Fsp3) is 0.737. The van der Waals surface area contributed by atoms with Crippen LogP contribution in [-0.2, 0) is 21.5 Å². The van der Waals surface area contributed by atoms with Gasteiger partial charge in [-0.3, -0.25) is 0 Å². The van der Waals surface area contributed by atoms with Crippen LogP contribution in [0.4, 0.5) is 10.7 Å². The van der Waals surface area contributed by atoms with Gasteiger partial charge in [0.2, 0.25) is 5.95 Å². The lowest BCUT2D eigenvalue weighted by Crippen LogP contribution is -2.45. The Morgan fingerprint density at radius 1 is 1.30 bits per heavy atom. The number of aromatic nitrogens is 2. The minimum absolute atomic E-state index is 0.00940. The van der Waals surface area contributed by atoms with E-state index in [4.69, 9.17) is 14.5 Å². The first kappa shape index (κ1) is 18.4. The Hall–Kier alpha value is -1.93. The van der Waals surface area contributed by atoms with Crippen LogP contribution in [0.1, 0.15) is 31.5 Å². The average Bonchev–Trinajstić information content (AvgIpc) is 3.12. The summed E-state index contributed by atoms with van der Waals surface area (Å²) in [5.74, 6) is 1.20. The van der Waals surface area contributed by atoms with Crippen LogP contribution in [0.25, 0.3) is 0 Å². The van der Waals surface area contributed by atoms with Gasteiger partial charge in [0.25, 0.3) is 0 Å². The van der Waals surface area contributed by atoms with Gasteiger partial charge in [-0.2, -0.15) is 0 Å². The third kappa shape index (κ3) is 3.73. The molecule has 4 heterocycles. The molecule has 8 heteroatoms. The zero-order chi connectivity index (χ0) is 18.9. The maximum atomic E-state index is 12.5. The van der Waals surface area contributed by atoms with Crippen molar-refractivity contribution < 1.29 is 14.3 Å². The van der Waals surface area contributed by atoms with Crippen LogP contribution >= 0.6 is 0 Å². The van der Waals surface area contributed by atoms with Gasteiger partial charge in [0, 0.05) is 44.5 Å². The van der Waals surface area contributed by atoms with E-state index < -0.39 is 0 Å². The van der Waals surface area contributed by atoms with E-state index in [9.17, 15) is 4.79 Å². The molecule has 0 aliphatic carbocycles. The van der Waals surface area contributed by atoms with Crippen LogP contribution in [0.2, 0.25) is 0 Å². The van der Waals surface area contributed by atoms with E-state index in [1.54, 1.807) is 0 Å². The number of anilines is 1. The lowest BCUT2D eigenvalue weighted by atomic mass is 9.80. The summed E-state index contributed by atoms with van der Waals surface area (Å²) in [7, 11) is 0. The summed E-state index contributed by atoms with van der Waals surface area (Å²) in [5, 5.41) is 3.02. The van der Waals surface area contributed by atoms with Crippen LogP contribution < -0.4 is 10.2 Å². The topological polar surface area (TPSA) is 79.8 Å². The van der Waals surface area contributed by atoms with Gasteiger partial charge in [-0.1, -0.05) is 13.8 Å². The first-order valence-corrected chi connectivity index (χ1v) is 9.87. The van der Waals surface area contributed by atoms with Crippen molar-refractivity contribution in [3.63, 3.8) is 0 Å². The van der Waals surface area contributed by atoms with Gasteiger partial charge in [-0.25, -0.2) is 14.8 Å². The standard InChI is InChI=1S/C19H29N5O3/c1-14(2)9-21-18(25)24-4-3-19(12-24)13-27-11-15-10-20-17(22-16(15)19)23-5-7-26-8-6-23/h10,14H,3-9,11-13H2,1-2H3,(H,21,25)/t19-/m1/s1. The van der Waals surface area contributed by atoms with Crippen LogP contribution in [0.15, 0.2) is 6.20 Å². The largest absolute Gasteiger partial charge is 0.378 e. The molecule has 2 amide bonds. The summed E-state index contributed by atoms with van der Waals surface area (Å²) < 4.78 is 11.3. The normalized spacial score (nSPS) is 25.1. The molecule has 0 saturated carbocycles. The molecule has 148 valence electrons. The highest BCUT2D eigenvalue weighted by Crippen LogP contribution is 2.39. The smallest absolute Gasteiger partial charge is 0.317 e. The maximum absolute atomic E-state index is 12.5. The molecule has 2 fully saturated rings. The number of rotatable bonds is 3. The van der Waals surface area contributed by atoms with E-state index in [2.05, 4.69) is 29.0 Å². The predicted octanol–water partition coefficient (Wildman–Crippen LogP) is 1.15. The lowest BCUT2D eigenvalue weighted by molar-refractivity contribution is 0.0517. The quantitative estimate of drug-likeness (QED) is 0.854. The van der Waals surface area contributed by atoms with Crippen LogP contribution in [0, 0.1) is 5.92 Å². The van der Waals surface area contributed by atoms with Crippen molar-refractivity contribution in [2.75, 3.05) is 57.4 Å². The number of nitrogens with zero attached hydrogens (tertiary/aromatic N) is 4. The van der Waals surface area contributed by atoms with Gasteiger partial charge in [-0.05, 0) is 12.3 Å². The average molecular weight is 375 g/mol. The Labute approximate surface area is 160 Å². The van der Waals surface area contributed by atoms with Crippen molar-refractivity contribution in [1.29, 1.82) is 0 Å². The summed E-state index contributed by atoms with van der Waals surface area (Å²) in [4.78, 5) is 26.1. The molecular formula is C19H29N5O3. The Balaban J connectivity index is 1.54. The highest BCUT2D eigenvalue weighted by molar-refractivity contribution is 5.74. The number of ether oxygens (including phenoxy) is 2. The lowest BCUT2D eigenvalue weighted by Gasteiger charge is -2.35. The molecule has 1 aromatic heterocycles. The summed E-state index contributed by atoms with van der Waals surface area (Å²) >= 11 is 0. The van der Waals surface area contributed by atoms with Gasteiger partial charge < -0.3 is 24.6 Å². The van der Waals surface area contributed by atoms with Crippen molar-refractivity contribution in [3.05, 3.63) is 17.5 Å². The van der Waals surface area contributed by atoms with Gasteiger partial charge in [0.05, 0.1) is 37.5 Å². The Kier molecular flexibility index (Phi) is 5.19. The van der Waals surface area contributed by atoms with Gasteiger partial charge in [0.1, 0.15) is 0 Å². The summed E-state index contributed by atoms with van der Waals surface area (Å²) in [5.41, 5.74) is 1.87. The zero-order valence-corrected chi connectivity index (χ0v) is 16.2. The minimum atomic E-state index is -0.229. The fourth-order valence-electron chi connectivity index (χ4n) is 4.06. The molecule has 0 aromatic carbocycles. The van der Waals surface area contributed by atoms with E-state index in [0.29, 0.717) is 45.4 Å². The molecule has 0 radical (unpaired) electrons. The summed E-state index contributed by atoms with van der Waals surface area (Å²) in [6.07, 6.45) is 2.77. The van der Waals surface area contributed by atoms with Crippen LogP contribution in [0.5, 0.6) is 0 Å². The summed E-state index contributed by atoms with van der Waals surface area (Å²) in [6.45, 7) is 10.4. The number of fused-ring (bicyclic) bond motifs is 2. The molecule has 1 aromatic rings. The molecule has 2 saturated heterocycles. The second-order valence-corrected chi connectivity index (χ2v) is 8.17. The first-order chi connectivity index (χ1) is 13.1. The van der Waals surface area contributed by atoms with Gasteiger partial charge in [0.15, 0.2) is 0 Å². The number of nitrogens with one attached hydrogen (secondary N) is 1. The maximum Gasteiger partial charge on any atom is 0.317 e. The highest BCUT2D eigenvalue weighted by Gasteiger charge is 2.46. The predicted molar refractivity (Wildman–Crippen MR) is 101 cm³/mol. The first-order valence-electron chi connectivity index (χ1n) is 9.87. The summed E-state index contributed by atoms with van der Waals surface area (Å²) in [6, 6.07) is 0.00940. The van der Waals surface area contributed by atoms with E-state index in [1.807, 2.05) is 11.1 Å². The van der Waals surface area contributed by atoms with Crippen molar-refractivity contribution in [1.82, 2.24) is 20.2 Å². The number of carbonyl (C=O) groups excluding carboxylic acids is 1. The highest BCUT2D eigenvalue weighted by atomic mass is 16.5. The molecule has 1 N–H and O–H groups in total. The Morgan fingerprint density at radius 2 is 2.11 bits per heavy atom. The molecule has 3 aliphatic heterocycles. The fourth-order valence-corrected chi connectivity index (χ4v) is 4.06. The SMILES string of the molecule is CC(C)CNC(=O)N1CC[C@]2(COCc3cnc(N4CCOCC4)nc32)C1. The van der Waals surface area contributed by atoms with Crippen LogP contribution in [0.3, 0.4) is 0 Å². The second-order valence-electron chi connectivity index (χ2n) is 8.17. The number of morpholine rings is 1. The monoisotopic (exact) mass is 375 g/mol. The molecule has 27 heavy (non-hydrogen) atoms. The van der Waals surface area contributed by atoms with E-state index in [0.717, 1.165) is 43.3 Å². The number of likely N-dealkylation sites (tertiary alicyclic amines) is 1. The van der Waals surface area contributed by atoms with Crippen molar-refractivity contribution in [2.45, 2.75) is 32.3 Å². The zero-order valence-electron chi connectivity index (χ0n) is 16.2. The third-order valence-corrected chi connectivity index (χ3v) is 5.59. The molecule has 4 rings (SSSR count). The van der Waals surface area contributed by atoms with E-state index >= 15 is 0 Å². The van der Waals surface area contributed by atoms with E-state index in [-0.39, 0.29) is 11.4 Å². The molecule has 8 nitrogen and oxygen atoms in total. The Morgan fingerprint density at radius 3 is 2.89 bits per heavy atom. The molecular weight excluding hydrogens is 346 g/mol. The van der Waals surface area contributed by atoms with Crippen molar-refractivity contribution >= 4 is 12.0 Å². The molecule has 1 atom stereocenters.